The summed E-state index contributed by atoms with van der Waals surface area (Å²) in [5.74, 6) is 0. The minimum Gasteiger partial charge on any atom is -0.309 e. The molecule has 0 amide bonds. The highest BCUT2D eigenvalue weighted by atomic mass is 15.0. The molecule has 0 atom stereocenters. The fourth-order valence-electron chi connectivity index (χ4n) is 10.7. The maximum absolute atomic E-state index is 5.27. The highest BCUT2D eigenvalue weighted by Gasteiger charge is 2.20. The van der Waals surface area contributed by atoms with Gasteiger partial charge in [0.15, 0.2) is 0 Å². The molecule has 71 heavy (non-hydrogen) atoms. The minimum absolute atomic E-state index is 0.749. The first kappa shape index (κ1) is 44.9. The van der Waals surface area contributed by atoms with Crippen molar-refractivity contribution in [1.82, 2.24) is 9.13 Å². The largest absolute Gasteiger partial charge is 0.309 e. The molecule has 8 aromatic carbocycles. The number of aromatic nitrogens is 2. The molecule has 0 unspecified atom stereocenters. The number of aryl methyl sites for hydroxylation is 2. The van der Waals surface area contributed by atoms with Crippen LogP contribution in [0.1, 0.15) is 50.3 Å². The van der Waals surface area contributed by atoms with E-state index in [2.05, 4.69) is 255 Å². The van der Waals surface area contributed by atoms with Gasteiger partial charge < -0.3 is 9.13 Å². The molecule has 2 aliphatic carbocycles. The van der Waals surface area contributed by atoms with Crippen molar-refractivity contribution in [3.8, 4) is 44.8 Å². The van der Waals surface area contributed by atoms with E-state index in [0.29, 0.717) is 0 Å². The average molecular weight is 916 g/mol. The lowest BCUT2D eigenvalue weighted by Crippen LogP contribution is -2.05. The van der Waals surface area contributed by atoms with Crippen molar-refractivity contribution in [3.63, 3.8) is 0 Å². The highest BCUT2D eigenvalue weighted by Crippen LogP contribution is 2.42. The summed E-state index contributed by atoms with van der Waals surface area (Å²) >= 11 is 0. The molecule has 10 aromatic rings. The second kappa shape index (κ2) is 19.1. The monoisotopic (exact) mass is 915 g/mol. The first-order valence-corrected chi connectivity index (χ1v) is 25.0. The number of benzene rings is 8. The Kier molecular flexibility index (Phi) is 12.1. The van der Waals surface area contributed by atoms with Crippen LogP contribution in [0.3, 0.4) is 0 Å². The molecule has 12 rings (SSSR count). The van der Waals surface area contributed by atoms with Gasteiger partial charge in [-0.2, -0.15) is 0 Å². The normalized spacial score (nSPS) is 14.6. The van der Waals surface area contributed by atoms with Gasteiger partial charge in [-0.05, 0) is 168 Å². The lowest BCUT2D eigenvalue weighted by atomic mass is 9.88. The predicted molar refractivity (Wildman–Crippen MR) is 306 cm³/mol. The van der Waals surface area contributed by atoms with E-state index >= 15 is 0 Å². The smallest absolute Gasteiger partial charge is 0.0712 e. The van der Waals surface area contributed by atoms with Gasteiger partial charge in [0.2, 0.25) is 0 Å². The van der Waals surface area contributed by atoms with Crippen LogP contribution in [0.15, 0.2) is 247 Å². The van der Waals surface area contributed by atoms with Crippen LogP contribution in [0.2, 0.25) is 0 Å². The molecule has 0 saturated carbocycles. The molecule has 3 nitrogen and oxygen atoms in total. The molecule has 3 heteroatoms. The van der Waals surface area contributed by atoms with Crippen molar-refractivity contribution in [1.29, 1.82) is 0 Å². The van der Waals surface area contributed by atoms with Crippen LogP contribution in [-0.2, 0) is 0 Å². The van der Waals surface area contributed by atoms with Crippen LogP contribution in [-0.4, -0.2) is 14.8 Å². The number of hydrogen-bond acceptors (Lipinski definition) is 1. The summed E-state index contributed by atoms with van der Waals surface area (Å²) in [4.78, 5) is 5.27. The Labute approximate surface area is 417 Å². The van der Waals surface area contributed by atoms with E-state index in [1.165, 1.54) is 88.1 Å². The van der Waals surface area contributed by atoms with Gasteiger partial charge in [-0.25, -0.2) is 4.99 Å². The van der Waals surface area contributed by atoms with E-state index < -0.39 is 0 Å². The van der Waals surface area contributed by atoms with Crippen LogP contribution in [0.4, 0.5) is 0 Å². The van der Waals surface area contributed by atoms with E-state index in [1.807, 2.05) is 13.8 Å². The molecule has 0 radical (unpaired) electrons. The van der Waals surface area contributed by atoms with Crippen molar-refractivity contribution in [3.05, 3.63) is 258 Å². The Balaban J connectivity index is 0.00000270. The number of nitrogens with zero attached hydrogens (tertiary/aromatic N) is 3. The Hall–Kier alpha value is -8.53. The maximum atomic E-state index is 5.27. The number of para-hydroxylation sites is 3. The Bertz CT molecular complexity index is 3910. The van der Waals surface area contributed by atoms with Crippen molar-refractivity contribution in [2.45, 2.75) is 47.5 Å². The molecular formula is C68H57N3. The van der Waals surface area contributed by atoms with E-state index in [1.54, 1.807) is 0 Å². The van der Waals surface area contributed by atoms with Crippen LogP contribution >= 0.6 is 0 Å². The third-order valence-corrected chi connectivity index (χ3v) is 14.2. The summed E-state index contributed by atoms with van der Waals surface area (Å²) in [6.45, 7) is 15.2. The molecule has 0 saturated heterocycles. The summed E-state index contributed by atoms with van der Waals surface area (Å²) in [6, 6.07) is 64.5. The quantitative estimate of drug-likeness (QED) is 0.145. The van der Waals surface area contributed by atoms with Crippen LogP contribution in [0.25, 0.3) is 94.1 Å². The van der Waals surface area contributed by atoms with E-state index in [0.717, 1.165) is 57.9 Å². The molecule has 2 aliphatic rings. The molecule has 0 spiro atoms. The SMILES string of the molecule is C=C(N=C1C=CC=C/C1=C(/C)C1=CCCC=C1)c1cccc(C)c1-c1cc(-c2ccc3c(c2)c2cc(-c4ccc5c(c4)c4ccccc4n5-c4ccccc4)ccc2n3-c2ccccc2)ccc1C.CC. The van der Waals surface area contributed by atoms with Gasteiger partial charge in [0, 0.05) is 44.1 Å². The Morgan fingerprint density at radius 2 is 1.03 bits per heavy atom. The Morgan fingerprint density at radius 3 is 1.63 bits per heavy atom. The van der Waals surface area contributed by atoms with Gasteiger partial charge in [-0.1, -0.05) is 160 Å². The fraction of sp³-hybridized carbons (Fsp3) is 0.103. The molecule has 2 heterocycles. The van der Waals surface area contributed by atoms with E-state index in [9.17, 15) is 0 Å². The summed E-state index contributed by atoms with van der Waals surface area (Å²) in [5, 5.41) is 4.92. The first-order chi connectivity index (χ1) is 34.9. The highest BCUT2D eigenvalue weighted by molar-refractivity contribution is 6.15. The molecule has 344 valence electrons. The Morgan fingerprint density at radius 1 is 0.493 bits per heavy atom. The summed E-state index contributed by atoms with van der Waals surface area (Å²) < 4.78 is 4.79. The van der Waals surface area contributed by atoms with Crippen molar-refractivity contribution < 1.29 is 0 Å². The van der Waals surface area contributed by atoms with Gasteiger partial charge in [-0.15, -0.1) is 0 Å². The second-order valence-corrected chi connectivity index (χ2v) is 18.4. The van der Waals surface area contributed by atoms with Crippen LogP contribution in [0.5, 0.6) is 0 Å². The number of hydrogen-bond donors (Lipinski definition) is 0. The molecular weight excluding hydrogens is 859 g/mol. The van der Waals surface area contributed by atoms with Gasteiger partial charge in [0.25, 0.3) is 0 Å². The summed E-state index contributed by atoms with van der Waals surface area (Å²) in [6.07, 6.45) is 17.4. The van der Waals surface area contributed by atoms with Gasteiger partial charge in [-0.3, -0.25) is 0 Å². The van der Waals surface area contributed by atoms with Crippen LogP contribution < -0.4 is 0 Å². The molecule has 0 N–H and O–H groups in total. The number of rotatable bonds is 8. The maximum Gasteiger partial charge on any atom is 0.0712 e. The topological polar surface area (TPSA) is 22.2 Å². The number of aliphatic imine (C=N–C) groups is 1. The molecule has 0 fully saturated rings. The standard InChI is InChI=1S/C66H51N3.C2H6/c1-43-31-32-48(39-57(43)66-44(2)19-18-28-55(66)46(4)67-61-29-16-14-26-54(61)45(3)47-20-8-5-9-21-47)50-34-37-64-59(41-50)60-42-51(35-38-65(60)69(64)53-24-12-7-13-25-53)49-33-36-63-58(40-49)56-27-15-17-30-62(56)68(63)52-22-10-6-11-23-52;1-2/h6-8,10-42H,4-5,9H2,1-3H3;1-2H3/b54-45+,67-61?;. The minimum atomic E-state index is 0.749. The van der Waals surface area contributed by atoms with Gasteiger partial charge in [0.1, 0.15) is 0 Å². The third-order valence-electron chi connectivity index (χ3n) is 14.2. The number of fused-ring (bicyclic) bond motifs is 6. The van der Waals surface area contributed by atoms with Gasteiger partial charge in [0.05, 0.1) is 33.5 Å². The number of allylic oxidation sites excluding steroid dienone is 10. The summed E-state index contributed by atoms with van der Waals surface area (Å²) in [7, 11) is 0. The zero-order chi connectivity index (χ0) is 48.6. The predicted octanol–water partition coefficient (Wildman–Crippen LogP) is 18.7. The summed E-state index contributed by atoms with van der Waals surface area (Å²) in [5.41, 5.74) is 22.9. The lowest BCUT2D eigenvalue weighted by molar-refractivity contribution is 1.02. The zero-order valence-electron chi connectivity index (χ0n) is 41.2. The van der Waals surface area contributed by atoms with Crippen LogP contribution in [0, 0.1) is 13.8 Å². The third kappa shape index (κ3) is 8.14. The zero-order valence-corrected chi connectivity index (χ0v) is 41.2. The van der Waals surface area contributed by atoms with Crippen molar-refractivity contribution in [2.24, 2.45) is 4.99 Å². The first-order valence-electron chi connectivity index (χ1n) is 25.0. The molecule has 0 bridgehead atoms. The fourth-order valence-corrected chi connectivity index (χ4v) is 10.7. The van der Waals surface area contributed by atoms with E-state index in [4.69, 9.17) is 4.99 Å². The van der Waals surface area contributed by atoms with E-state index in [-0.39, 0.29) is 0 Å². The van der Waals surface area contributed by atoms with Crippen molar-refractivity contribution >= 4 is 55.0 Å². The molecule has 2 aromatic heterocycles. The average Bonchev–Trinajstić information content (AvgIpc) is 3.94. The second-order valence-electron chi connectivity index (χ2n) is 18.4. The lowest BCUT2D eigenvalue weighted by Gasteiger charge is -2.18. The van der Waals surface area contributed by atoms with Gasteiger partial charge >= 0.3 is 0 Å². The molecule has 0 aliphatic heterocycles. The van der Waals surface area contributed by atoms with Crippen molar-refractivity contribution in [2.75, 3.05) is 0 Å².